The molecule has 1 unspecified atom stereocenters. The molecule has 20 heavy (non-hydrogen) atoms. The monoisotopic (exact) mass is 284 g/mol. The van der Waals surface area contributed by atoms with Crippen molar-refractivity contribution in [1.29, 1.82) is 0 Å². The number of rotatable bonds is 10. The summed E-state index contributed by atoms with van der Waals surface area (Å²) in [6.45, 7) is 13.1. The molecular weight excluding hydrogens is 252 g/mol. The van der Waals surface area contributed by atoms with Gasteiger partial charge < -0.3 is 10.4 Å². The summed E-state index contributed by atoms with van der Waals surface area (Å²) in [6, 6.07) is 0.373. The van der Waals surface area contributed by atoms with Crippen LogP contribution in [0.1, 0.15) is 53.9 Å². The van der Waals surface area contributed by atoms with E-state index in [0.29, 0.717) is 24.4 Å². The Labute approximate surface area is 123 Å². The molecule has 118 valence electrons. The minimum Gasteiger partial charge on any atom is -0.480 e. The first-order valence-electron chi connectivity index (χ1n) is 8.06. The Morgan fingerprint density at radius 2 is 1.95 bits per heavy atom. The standard InChI is InChI=1S/C16H32N2O2/c1-6-9-17-16(15(19)20,14-7-8-14)11-18(13(4)5)10-12(2)3/h12-14,17H,6-11H2,1-5H3,(H,19,20). The molecule has 1 fully saturated rings. The fourth-order valence-electron chi connectivity index (χ4n) is 2.82. The highest BCUT2D eigenvalue weighted by Gasteiger charge is 2.51. The first-order valence-corrected chi connectivity index (χ1v) is 8.06. The third-order valence-electron chi connectivity index (χ3n) is 4.13. The second-order valence-electron chi connectivity index (χ2n) is 6.89. The van der Waals surface area contributed by atoms with E-state index in [4.69, 9.17) is 0 Å². The lowest BCUT2D eigenvalue weighted by atomic mass is 9.91. The molecule has 0 heterocycles. The largest absolute Gasteiger partial charge is 0.480 e. The average Bonchev–Trinajstić information content (AvgIpc) is 3.16. The number of hydrogen-bond donors (Lipinski definition) is 2. The van der Waals surface area contributed by atoms with Crippen LogP contribution in [0, 0.1) is 11.8 Å². The highest BCUT2D eigenvalue weighted by molar-refractivity contribution is 5.80. The first-order chi connectivity index (χ1) is 9.33. The van der Waals surface area contributed by atoms with Gasteiger partial charge in [0.2, 0.25) is 0 Å². The molecule has 1 aliphatic rings. The molecule has 0 aromatic heterocycles. The van der Waals surface area contributed by atoms with Gasteiger partial charge in [-0.15, -0.1) is 0 Å². The Morgan fingerprint density at radius 3 is 2.30 bits per heavy atom. The second-order valence-corrected chi connectivity index (χ2v) is 6.89. The topological polar surface area (TPSA) is 52.6 Å². The smallest absolute Gasteiger partial charge is 0.325 e. The van der Waals surface area contributed by atoms with Crippen LogP contribution >= 0.6 is 0 Å². The van der Waals surface area contributed by atoms with Gasteiger partial charge in [-0.1, -0.05) is 20.8 Å². The van der Waals surface area contributed by atoms with Gasteiger partial charge in [0.15, 0.2) is 0 Å². The quantitative estimate of drug-likeness (QED) is 0.647. The van der Waals surface area contributed by atoms with E-state index in [0.717, 1.165) is 32.4 Å². The number of nitrogens with one attached hydrogen (secondary N) is 1. The minimum atomic E-state index is -0.755. The van der Waals surface area contributed by atoms with Crippen molar-refractivity contribution < 1.29 is 9.90 Å². The van der Waals surface area contributed by atoms with Crippen molar-refractivity contribution in [3.05, 3.63) is 0 Å². The van der Waals surface area contributed by atoms with Crippen molar-refractivity contribution in [1.82, 2.24) is 10.2 Å². The van der Waals surface area contributed by atoms with Gasteiger partial charge in [0, 0.05) is 19.1 Å². The van der Waals surface area contributed by atoms with Crippen molar-refractivity contribution >= 4 is 5.97 Å². The van der Waals surface area contributed by atoms with E-state index in [9.17, 15) is 9.90 Å². The summed E-state index contributed by atoms with van der Waals surface area (Å²) in [5.74, 6) is 0.164. The molecule has 1 saturated carbocycles. The van der Waals surface area contributed by atoms with Crippen LogP contribution in [0.5, 0.6) is 0 Å². The van der Waals surface area contributed by atoms with Crippen LogP contribution in [0.15, 0.2) is 0 Å². The van der Waals surface area contributed by atoms with Crippen LogP contribution < -0.4 is 5.32 Å². The molecule has 0 spiro atoms. The highest BCUT2D eigenvalue weighted by Crippen LogP contribution is 2.40. The van der Waals surface area contributed by atoms with Gasteiger partial charge in [-0.3, -0.25) is 9.69 Å². The SMILES string of the molecule is CCCNC(CN(CC(C)C)C(C)C)(C(=O)O)C1CC1. The number of hydrogen-bond acceptors (Lipinski definition) is 3. The number of nitrogens with zero attached hydrogens (tertiary/aromatic N) is 1. The maximum Gasteiger partial charge on any atom is 0.325 e. The van der Waals surface area contributed by atoms with E-state index in [-0.39, 0.29) is 0 Å². The minimum absolute atomic E-state index is 0.292. The summed E-state index contributed by atoms with van der Waals surface area (Å²) in [5, 5.41) is 13.2. The maximum atomic E-state index is 12.0. The molecule has 0 saturated heterocycles. The molecule has 0 aromatic carbocycles. The molecule has 0 bridgehead atoms. The summed E-state index contributed by atoms with van der Waals surface area (Å²) in [4.78, 5) is 14.3. The van der Waals surface area contributed by atoms with Gasteiger partial charge in [-0.2, -0.15) is 0 Å². The van der Waals surface area contributed by atoms with Gasteiger partial charge in [0.25, 0.3) is 0 Å². The number of aliphatic carboxylic acids is 1. The Hall–Kier alpha value is -0.610. The highest BCUT2D eigenvalue weighted by atomic mass is 16.4. The van der Waals surface area contributed by atoms with E-state index < -0.39 is 11.5 Å². The van der Waals surface area contributed by atoms with E-state index in [1.165, 1.54) is 0 Å². The zero-order valence-corrected chi connectivity index (χ0v) is 13.8. The van der Waals surface area contributed by atoms with E-state index in [1.54, 1.807) is 0 Å². The van der Waals surface area contributed by atoms with Crippen LogP contribution in [0.25, 0.3) is 0 Å². The van der Waals surface area contributed by atoms with Crippen molar-refractivity contribution in [2.45, 2.75) is 65.5 Å². The van der Waals surface area contributed by atoms with E-state index in [2.05, 4.69) is 44.8 Å². The number of carbonyl (C=O) groups is 1. The van der Waals surface area contributed by atoms with Crippen LogP contribution in [-0.4, -0.2) is 47.2 Å². The molecule has 0 aromatic rings. The molecule has 2 N–H and O–H groups in total. The predicted molar refractivity (Wildman–Crippen MR) is 82.9 cm³/mol. The zero-order chi connectivity index (χ0) is 15.3. The Morgan fingerprint density at radius 1 is 1.35 bits per heavy atom. The molecule has 1 rings (SSSR count). The second kappa shape index (κ2) is 7.41. The van der Waals surface area contributed by atoms with E-state index >= 15 is 0 Å². The molecule has 4 nitrogen and oxygen atoms in total. The average molecular weight is 284 g/mol. The summed E-state index contributed by atoms with van der Waals surface area (Å²) < 4.78 is 0. The lowest BCUT2D eigenvalue weighted by molar-refractivity contribution is -0.147. The molecular formula is C16H32N2O2. The first kappa shape index (κ1) is 17.4. The summed E-state index contributed by atoms with van der Waals surface area (Å²) >= 11 is 0. The summed E-state index contributed by atoms with van der Waals surface area (Å²) in [7, 11) is 0. The van der Waals surface area contributed by atoms with Crippen LogP contribution in [0.4, 0.5) is 0 Å². The fraction of sp³-hybridized carbons (Fsp3) is 0.938. The Kier molecular flexibility index (Phi) is 6.46. The van der Waals surface area contributed by atoms with Gasteiger partial charge >= 0.3 is 5.97 Å². The van der Waals surface area contributed by atoms with Crippen molar-refractivity contribution in [3.8, 4) is 0 Å². The normalized spacial score (nSPS) is 18.8. The third-order valence-corrected chi connectivity index (χ3v) is 4.13. The molecule has 1 aliphatic carbocycles. The van der Waals surface area contributed by atoms with Crippen molar-refractivity contribution in [2.75, 3.05) is 19.6 Å². The number of carboxylic acids is 1. The molecule has 0 radical (unpaired) electrons. The van der Waals surface area contributed by atoms with Crippen molar-refractivity contribution in [3.63, 3.8) is 0 Å². The lowest BCUT2D eigenvalue weighted by Gasteiger charge is -2.39. The van der Waals surface area contributed by atoms with Crippen molar-refractivity contribution in [2.24, 2.45) is 11.8 Å². The van der Waals surface area contributed by atoms with Crippen LogP contribution in [-0.2, 0) is 4.79 Å². The third kappa shape index (κ3) is 4.45. The lowest BCUT2D eigenvalue weighted by Crippen LogP contribution is -2.62. The van der Waals surface area contributed by atoms with Gasteiger partial charge in [-0.25, -0.2) is 0 Å². The molecule has 0 amide bonds. The zero-order valence-electron chi connectivity index (χ0n) is 13.8. The Balaban J connectivity index is 2.87. The van der Waals surface area contributed by atoms with Gasteiger partial charge in [-0.05, 0) is 51.5 Å². The molecule has 0 aliphatic heterocycles. The Bertz CT molecular complexity index is 314. The molecule has 1 atom stereocenters. The molecule has 4 heteroatoms. The number of carboxylic acid groups (broad SMARTS) is 1. The summed E-state index contributed by atoms with van der Waals surface area (Å²) in [5.41, 5.74) is -0.755. The summed E-state index contributed by atoms with van der Waals surface area (Å²) in [6.07, 6.45) is 3.04. The van der Waals surface area contributed by atoms with E-state index in [1.807, 2.05) is 0 Å². The predicted octanol–water partition coefficient (Wildman–Crippen LogP) is 2.59. The maximum absolute atomic E-state index is 12.0. The fourth-order valence-corrected chi connectivity index (χ4v) is 2.82. The van der Waals surface area contributed by atoms with Gasteiger partial charge in [0.05, 0.1) is 0 Å². The van der Waals surface area contributed by atoms with Crippen LogP contribution in [0.3, 0.4) is 0 Å². The van der Waals surface area contributed by atoms with Gasteiger partial charge in [0.1, 0.15) is 5.54 Å². The van der Waals surface area contributed by atoms with Crippen LogP contribution in [0.2, 0.25) is 0 Å².